The predicted octanol–water partition coefficient (Wildman–Crippen LogP) is 3.74. The lowest BCUT2D eigenvalue weighted by molar-refractivity contribution is 0.0573. The van der Waals surface area contributed by atoms with Crippen molar-refractivity contribution >= 4 is 17.9 Å². The van der Waals surface area contributed by atoms with Crippen molar-refractivity contribution in [1.82, 2.24) is 15.0 Å². The highest BCUT2D eigenvalue weighted by molar-refractivity contribution is 6.21. The first kappa shape index (κ1) is 16.0. The Balaban J connectivity index is 1.65. The van der Waals surface area contributed by atoms with E-state index in [2.05, 4.69) is 16.7 Å². The summed E-state index contributed by atoms with van der Waals surface area (Å²) in [6, 6.07) is 11.6. The van der Waals surface area contributed by atoms with Crippen molar-refractivity contribution in [2.75, 3.05) is 0 Å². The number of carbonyl (C=O) groups excluding carboxylic acids is 2. The van der Waals surface area contributed by atoms with Crippen LogP contribution in [0.1, 0.15) is 45.1 Å². The molecule has 128 valence electrons. The molecule has 4 rings (SSSR count). The van der Waals surface area contributed by atoms with E-state index in [0.29, 0.717) is 22.6 Å². The molecule has 1 unspecified atom stereocenters. The van der Waals surface area contributed by atoms with Crippen LogP contribution >= 0.6 is 0 Å². The van der Waals surface area contributed by atoms with Crippen molar-refractivity contribution in [3.63, 3.8) is 0 Å². The lowest BCUT2D eigenvalue weighted by atomic mass is 10.1. The van der Waals surface area contributed by atoms with Crippen LogP contribution in [0.4, 0.5) is 0 Å². The molecule has 6 nitrogen and oxygen atoms in total. The van der Waals surface area contributed by atoms with Crippen LogP contribution in [0.2, 0.25) is 0 Å². The normalized spacial score (nSPS) is 14.4. The van der Waals surface area contributed by atoms with Gasteiger partial charge < -0.3 is 4.52 Å². The highest BCUT2D eigenvalue weighted by Crippen LogP contribution is 2.32. The van der Waals surface area contributed by atoms with Crippen molar-refractivity contribution < 1.29 is 14.1 Å². The summed E-state index contributed by atoms with van der Waals surface area (Å²) >= 11 is 0. The van der Waals surface area contributed by atoms with Gasteiger partial charge in [0.05, 0.1) is 22.9 Å². The van der Waals surface area contributed by atoms with E-state index in [4.69, 9.17) is 4.52 Å². The van der Waals surface area contributed by atoms with Gasteiger partial charge in [0.15, 0.2) is 5.76 Å². The molecule has 0 saturated heterocycles. The molecule has 1 aliphatic rings. The van der Waals surface area contributed by atoms with Crippen LogP contribution in [0.25, 0.3) is 17.3 Å². The van der Waals surface area contributed by atoms with Crippen molar-refractivity contribution in [3.05, 3.63) is 77.8 Å². The van der Waals surface area contributed by atoms with E-state index in [0.717, 1.165) is 11.3 Å². The zero-order chi connectivity index (χ0) is 18.3. The zero-order valence-electron chi connectivity index (χ0n) is 14.0. The van der Waals surface area contributed by atoms with Gasteiger partial charge in [-0.25, -0.2) is 0 Å². The summed E-state index contributed by atoms with van der Waals surface area (Å²) in [6.45, 7) is 5.44. The van der Waals surface area contributed by atoms with Crippen LogP contribution in [0.15, 0.2) is 59.8 Å². The Labute approximate surface area is 149 Å². The molecule has 0 bridgehead atoms. The summed E-state index contributed by atoms with van der Waals surface area (Å²) in [5.74, 6) is -0.214. The number of pyridine rings is 1. The van der Waals surface area contributed by atoms with E-state index in [1.165, 1.54) is 4.90 Å². The Hall–Kier alpha value is -3.54. The molecule has 0 fully saturated rings. The number of amides is 2. The molecule has 2 amide bonds. The Morgan fingerprint density at radius 3 is 2.46 bits per heavy atom. The van der Waals surface area contributed by atoms with Crippen LogP contribution in [0.5, 0.6) is 0 Å². The summed E-state index contributed by atoms with van der Waals surface area (Å²) in [6.07, 6.45) is 3.31. The third-order valence-electron chi connectivity index (χ3n) is 4.44. The van der Waals surface area contributed by atoms with E-state index in [-0.39, 0.29) is 11.8 Å². The SMILES string of the molecule is C=Cc1cc(-c2cc(C(C)N3C(=O)c4ccccc4C3=O)on2)ccn1. The maximum atomic E-state index is 12.6. The second kappa shape index (κ2) is 6.07. The quantitative estimate of drug-likeness (QED) is 0.673. The van der Waals surface area contributed by atoms with E-state index in [1.807, 2.05) is 6.07 Å². The van der Waals surface area contributed by atoms with Crippen molar-refractivity contribution in [2.45, 2.75) is 13.0 Å². The van der Waals surface area contributed by atoms with Gasteiger partial charge in [0.2, 0.25) is 0 Å². The molecule has 0 radical (unpaired) electrons. The fraction of sp³-hybridized carbons (Fsp3) is 0.100. The third-order valence-corrected chi connectivity index (χ3v) is 4.44. The van der Waals surface area contributed by atoms with E-state index in [1.54, 1.807) is 55.6 Å². The van der Waals surface area contributed by atoms with Gasteiger partial charge in [0.1, 0.15) is 5.69 Å². The molecule has 6 heteroatoms. The summed E-state index contributed by atoms with van der Waals surface area (Å²) in [4.78, 5) is 30.6. The largest absolute Gasteiger partial charge is 0.359 e. The third kappa shape index (κ3) is 2.43. The Kier molecular flexibility index (Phi) is 3.73. The number of fused-ring (bicyclic) bond motifs is 1. The van der Waals surface area contributed by atoms with E-state index < -0.39 is 6.04 Å². The summed E-state index contributed by atoms with van der Waals surface area (Å²) in [7, 11) is 0. The van der Waals surface area contributed by atoms with Gasteiger partial charge >= 0.3 is 0 Å². The molecule has 1 aliphatic heterocycles. The highest BCUT2D eigenvalue weighted by atomic mass is 16.5. The van der Waals surface area contributed by atoms with Crippen LogP contribution < -0.4 is 0 Å². The second-order valence-corrected chi connectivity index (χ2v) is 5.99. The van der Waals surface area contributed by atoms with E-state index in [9.17, 15) is 9.59 Å². The van der Waals surface area contributed by atoms with Gasteiger partial charge in [0.25, 0.3) is 11.8 Å². The number of hydrogen-bond donors (Lipinski definition) is 0. The Morgan fingerprint density at radius 2 is 1.81 bits per heavy atom. The minimum absolute atomic E-state index is 0.325. The Morgan fingerprint density at radius 1 is 1.12 bits per heavy atom. The van der Waals surface area contributed by atoms with Gasteiger partial charge in [-0.3, -0.25) is 19.5 Å². The minimum atomic E-state index is -0.565. The average molecular weight is 345 g/mol. The standard InChI is InChI=1S/C20H15N3O3/c1-3-14-10-13(8-9-21-14)17-11-18(26-22-17)12(2)23-19(24)15-6-4-5-7-16(15)20(23)25/h3-12H,1H2,2H3. The summed E-state index contributed by atoms with van der Waals surface area (Å²) in [5, 5.41) is 4.07. The first-order valence-corrected chi connectivity index (χ1v) is 8.12. The van der Waals surface area contributed by atoms with Crippen LogP contribution in [0, 0.1) is 0 Å². The number of hydrogen-bond acceptors (Lipinski definition) is 5. The van der Waals surface area contributed by atoms with Crippen LogP contribution in [-0.2, 0) is 0 Å². The van der Waals surface area contributed by atoms with Crippen molar-refractivity contribution in [1.29, 1.82) is 0 Å². The predicted molar refractivity (Wildman–Crippen MR) is 95.2 cm³/mol. The molecule has 3 heterocycles. The number of carbonyl (C=O) groups is 2. The minimum Gasteiger partial charge on any atom is -0.359 e. The monoisotopic (exact) mass is 345 g/mol. The molecule has 0 N–H and O–H groups in total. The molecule has 0 aliphatic carbocycles. The molecule has 0 spiro atoms. The fourth-order valence-corrected chi connectivity index (χ4v) is 3.03. The molecule has 1 atom stereocenters. The van der Waals surface area contributed by atoms with E-state index >= 15 is 0 Å². The van der Waals surface area contributed by atoms with Gasteiger partial charge in [0, 0.05) is 17.8 Å². The number of nitrogens with zero attached hydrogens (tertiary/aromatic N) is 3. The topological polar surface area (TPSA) is 76.3 Å². The van der Waals surface area contributed by atoms with Crippen molar-refractivity contribution in [3.8, 4) is 11.3 Å². The molecule has 2 aromatic heterocycles. The second-order valence-electron chi connectivity index (χ2n) is 5.99. The summed E-state index contributed by atoms with van der Waals surface area (Å²) in [5.41, 5.74) is 2.97. The molecule has 26 heavy (non-hydrogen) atoms. The van der Waals surface area contributed by atoms with Crippen molar-refractivity contribution in [2.24, 2.45) is 0 Å². The summed E-state index contributed by atoms with van der Waals surface area (Å²) < 4.78 is 5.42. The van der Waals surface area contributed by atoms with Gasteiger partial charge in [-0.15, -0.1) is 0 Å². The fourth-order valence-electron chi connectivity index (χ4n) is 3.03. The van der Waals surface area contributed by atoms with Gasteiger partial charge in [-0.2, -0.15) is 0 Å². The zero-order valence-corrected chi connectivity index (χ0v) is 14.0. The maximum absolute atomic E-state index is 12.6. The lowest BCUT2D eigenvalue weighted by Crippen LogP contribution is -2.32. The first-order chi connectivity index (χ1) is 12.6. The number of benzene rings is 1. The Bertz CT molecular complexity index is 1000. The number of rotatable bonds is 4. The van der Waals surface area contributed by atoms with Gasteiger partial charge in [-0.05, 0) is 37.3 Å². The molecule has 0 saturated carbocycles. The molecule has 3 aromatic rings. The smallest absolute Gasteiger partial charge is 0.262 e. The lowest BCUT2D eigenvalue weighted by Gasteiger charge is -2.19. The van der Waals surface area contributed by atoms with Crippen LogP contribution in [0.3, 0.4) is 0 Å². The first-order valence-electron chi connectivity index (χ1n) is 8.12. The highest BCUT2D eigenvalue weighted by Gasteiger charge is 2.39. The molecular formula is C20H15N3O3. The average Bonchev–Trinajstić information content (AvgIpc) is 3.26. The maximum Gasteiger partial charge on any atom is 0.262 e. The van der Waals surface area contributed by atoms with Gasteiger partial charge in [-0.1, -0.05) is 23.9 Å². The van der Waals surface area contributed by atoms with Crippen LogP contribution in [-0.4, -0.2) is 26.9 Å². The number of imide groups is 1. The number of aromatic nitrogens is 2. The molecular weight excluding hydrogens is 330 g/mol. The molecule has 1 aromatic carbocycles.